The van der Waals surface area contributed by atoms with E-state index in [0.717, 1.165) is 0 Å². The van der Waals surface area contributed by atoms with E-state index in [-0.39, 0.29) is 22.1 Å². The van der Waals surface area contributed by atoms with E-state index in [9.17, 15) is 8.42 Å². The van der Waals surface area contributed by atoms with Gasteiger partial charge in [-0.05, 0) is 5.41 Å². The minimum atomic E-state index is -3.41. The summed E-state index contributed by atoms with van der Waals surface area (Å²) in [5, 5.41) is 0.198. The summed E-state index contributed by atoms with van der Waals surface area (Å²) < 4.78 is 25.8. The van der Waals surface area contributed by atoms with Crippen LogP contribution >= 0.6 is 11.6 Å². The van der Waals surface area contributed by atoms with Gasteiger partial charge < -0.3 is 0 Å². The van der Waals surface area contributed by atoms with Crippen LogP contribution in [0.4, 0.5) is 5.82 Å². The number of hydrogen-bond acceptors (Lipinski definition) is 4. The monoisotopic (exact) mass is 263 g/mol. The van der Waals surface area contributed by atoms with Crippen LogP contribution in [0.1, 0.15) is 20.8 Å². The number of nitrogens with zero attached hydrogens (tertiary/aromatic N) is 2. The Labute approximate surface area is 100 Å². The van der Waals surface area contributed by atoms with Crippen LogP contribution in [-0.2, 0) is 10.0 Å². The Hall–Kier alpha value is -0.880. The Balaban J connectivity index is 2.81. The predicted molar refractivity (Wildman–Crippen MR) is 63.9 cm³/mol. The largest absolute Gasteiger partial charge is 0.267 e. The molecule has 0 atom stereocenters. The van der Waals surface area contributed by atoms with Crippen molar-refractivity contribution in [1.29, 1.82) is 0 Å². The maximum atomic E-state index is 11.7. The summed E-state index contributed by atoms with van der Waals surface area (Å²) in [6, 6.07) is 1.36. The summed E-state index contributed by atoms with van der Waals surface area (Å²) in [7, 11) is -3.41. The number of nitrogens with one attached hydrogen (secondary N) is 1. The Morgan fingerprint density at radius 3 is 2.50 bits per heavy atom. The Morgan fingerprint density at radius 1 is 1.38 bits per heavy atom. The molecule has 90 valence electrons. The highest BCUT2D eigenvalue weighted by Crippen LogP contribution is 2.18. The standard InChI is InChI=1S/C9H14ClN3O2S/c1-9(2,3)5-16(14,15)13-8-4-7(10)11-6-12-8/h4,6H,5H2,1-3H3,(H,11,12,13). The molecule has 0 saturated heterocycles. The van der Waals surface area contributed by atoms with E-state index in [2.05, 4.69) is 14.7 Å². The molecular formula is C9H14ClN3O2S. The van der Waals surface area contributed by atoms with Crippen molar-refractivity contribution < 1.29 is 8.42 Å². The number of anilines is 1. The van der Waals surface area contributed by atoms with Crippen molar-refractivity contribution in [1.82, 2.24) is 9.97 Å². The fraction of sp³-hybridized carbons (Fsp3) is 0.556. The van der Waals surface area contributed by atoms with Crippen LogP contribution in [0, 0.1) is 5.41 Å². The Morgan fingerprint density at radius 2 is 2.00 bits per heavy atom. The molecule has 0 bridgehead atoms. The molecule has 1 rings (SSSR count). The van der Waals surface area contributed by atoms with Gasteiger partial charge >= 0.3 is 0 Å². The molecule has 0 saturated carbocycles. The zero-order valence-corrected chi connectivity index (χ0v) is 10.9. The topological polar surface area (TPSA) is 72.0 Å². The van der Waals surface area contributed by atoms with E-state index in [0.29, 0.717) is 0 Å². The molecule has 7 heteroatoms. The van der Waals surface area contributed by atoms with Gasteiger partial charge in [-0.1, -0.05) is 32.4 Å². The molecule has 0 aliphatic carbocycles. The van der Waals surface area contributed by atoms with E-state index in [1.165, 1.54) is 12.4 Å². The fourth-order valence-electron chi connectivity index (χ4n) is 1.15. The molecule has 16 heavy (non-hydrogen) atoms. The summed E-state index contributed by atoms with van der Waals surface area (Å²) >= 11 is 5.62. The summed E-state index contributed by atoms with van der Waals surface area (Å²) in [4.78, 5) is 7.43. The summed E-state index contributed by atoms with van der Waals surface area (Å²) in [6.45, 7) is 5.54. The molecule has 0 aliphatic heterocycles. The van der Waals surface area contributed by atoms with Crippen molar-refractivity contribution in [3.8, 4) is 0 Å². The Bertz CT molecular complexity index is 468. The van der Waals surface area contributed by atoms with Gasteiger partial charge in [0.1, 0.15) is 17.3 Å². The van der Waals surface area contributed by atoms with Crippen LogP contribution in [0.2, 0.25) is 5.15 Å². The van der Waals surface area contributed by atoms with Crippen LogP contribution in [0.25, 0.3) is 0 Å². The highest BCUT2D eigenvalue weighted by Gasteiger charge is 2.21. The number of aromatic nitrogens is 2. The van der Waals surface area contributed by atoms with Crippen molar-refractivity contribution in [3.63, 3.8) is 0 Å². The fourth-order valence-corrected chi connectivity index (χ4v) is 2.94. The molecule has 1 heterocycles. The summed E-state index contributed by atoms with van der Waals surface area (Å²) in [5.74, 6) is 0.200. The van der Waals surface area contributed by atoms with E-state index >= 15 is 0 Å². The van der Waals surface area contributed by atoms with Crippen LogP contribution < -0.4 is 4.72 Å². The average Bonchev–Trinajstić information content (AvgIpc) is 1.96. The molecule has 0 unspecified atom stereocenters. The molecule has 0 amide bonds. The normalized spacial score (nSPS) is 12.5. The number of sulfonamides is 1. The third-order valence-electron chi connectivity index (χ3n) is 1.52. The lowest BCUT2D eigenvalue weighted by molar-refractivity contribution is 0.463. The first-order chi connectivity index (χ1) is 7.18. The predicted octanol–water partition coefficient (Wildman–Crippen LogP) is 1.92. The lowest BCUT2D eigenvalue weighted by Gasteiger charge is -2.18. The molecule has 0 aliphatic rings. The quantitative estimate of drug-likeness (QED) is 0.846. The molecule has 0 aromatic carbocycles. The van der Waals surface area contributed by atoms with Crippen molar-refractivity contribution in [2.75, 3.05) is 10.5 Å². The third-order valence-corrected chi connectivity index (χ3v) is 3.49. The summed E-state index contributed by atoms with van der Waals surface area (Å²) in [5.41, 5.74) is -0.317. The molecule has 0 radical (unpaired) electrons. The molecule has 1 aromatic heterocycles. The van der Waals surface area contributed by atoms with Crippen molar-refractivity contribution in [2.45, 2.75) is 20.8 Å². The average molecular weight is 264 g/mol. The van der Waals surface area contributed by atoms with Gasteiger partial charge in [0.05, 0.1) is 5.75 Å². The van der Waals surface area contributed by atoms with Gasteiger partial charge in [-0.3, -0.25) is 4.72 Å². The van der Waals surface area contributed by atoms with Gasteiger partial charge in [0.25, 0.3) is 0 Å². The van der Waals surface area contributed by atoms with Crippen LogP contribution in [0.3, 0.4) is 0 Å². The molecule has 0 fully saturated rings. The highest BCUT2D eigenvalue weighted by molar-refractivity contribution is 7.92. The number of hydrogen-bond donors (Lipinski definition) is 1. The van der Waals surface area contributed by atoms with Gasteiger partial charge in [0, 0.05) is 6.07 Å². The van der Waals surface area contributed by atoms with E-state index in [1.807, 2.05) is 20.8 Å². The minimum Gasteiger partial charge on any atom is -0.267 e. The van der Waals surface area contributed by atoms with Crippen LogP contribution in [0.15, 0.2) is 12.4 Å². The van der Waals surface area contributed by atoms with Crippen LogP contribution in [0.5, 0.6) is 0 Å². The first kappa shape index (κ1) is 13.2. The van der Waals surface area contributed by atoms with Gasteiger partial charge in [-0.25, -0.2) is 18.4 Å². The first-order valence-electron chi connectivity index (χ1n) is 4.66. The highest BCUT2D eigenvalue weighted by atomic mass is 35.5. The van der Waals surface area contributed by atoms with E-state index in [4.69, 9.17) is 11.6 Å². The lowest BCUT2D eigenvalue weighted by Crippen LogP contribution is -2.26. The van der Waals surface area contributed by atoms with Gasteiger partial charge in [-0.2, -0.15) is 0 Å². The molecule has 5 nitrogen and oxygen atoms in total. The second-order valence-electron chi connectivity index (χ2n) is 4.65. The van der Waals surface area contributed by atoms with Gasteiger partial charge in [0.2, 0.25) is 10.0 Å². The van der Waals surface area contributed by atoms with Crippen LogP contribution in [-0.4, -0.2) is 24.1 Å². The van der Waals surface area contributed by atoms with Crippen molar-refractivity contribution in [3.05, 3.63) is 17.5 Å². The molecule has 0 spiro atoms. The van der Waals surface area contributed by atoms with E-state index in [1.54, 1.807) is 0 Å². The zero-order valence-electron chi connectivity index (χ0n) is 9.36. The lowest BCUT2D eigenvalue weighted by atomic mass is 10.0. The zero-order chi connectivity index (χ0) is 12.4. The maximum Gasteiger partial charge on any atom is 0.234 e. The van der Waals surface area contributed by atoms with Crippen molar-refractivity contribution in [2.24, 2.45) is 5.41 Å². The number of rotatable bonds is 3. The smallest absolute Gasteiger partial charge is 0.234 e. The Kier molecular flexibility index (Phi) is 3.75. The summed E-state index contributed by atoms with van der Waals surface area (Å²) in [6.07, 6.45) is 1.21. The molecule has 1 aromatic rings. The van der Waals surface area contributed by atoms with Crippen molar-refractivity contribution >= 4 is 27.4 Å². The van der Waals surface area contributed by atoms with E-state index < -0.39 is 10.0 Å². The number of halogens is 1. The third kappa shape index (κ3) is 4.76. The molecular weight excluding hydrogens is 250 g/mol. The first-order valence-corrected chi connectivity index (χ1v) is 6.69. The second-order valence-corrected chi connectivity index (χ2v) is 6.76. The maximum absolute atomic E-state index is 11.7. The van der Waals surface area contributed by atoms with Gasteiger partial charge in [0.15, 0.2) is 0 Å². The molecule has 1 N–H and O–H groups in total. The second kappa shape index (κ2) is 4.55. The minimum absolute atomic E-state index is 0.0155. The SMILES string of the molecule is CC(C)(C)CS(=O)(=O)Nc1cc(Cl)ncn1. The van der Waals surface area contributed by atoms with Gasteiger partial charge in [-0.15, -0.1) is 0 Å².